The Morgan fingerprint density at radius 1 is 1.00 bits per heavy atom. The first kappa shape index (κ1) is 20.1. The first-order valence-electron chi connectivity index (χ1n) is 9.91. The van der Waals surface area contributed by atoms with Crippen LogP contribution in [0, 0.1) is 0 Å². The number of carbonyl (C=O) groups is 2. The number of hydrogen-bond acceptors (Lipinski definition) is 3. The summed E-state index contributed by atoms with van der Waals surface area (Å²) in [5.74, 6) is -0.718. The fraction of sp³-hybridized carbons (Fsp3) is 0.0800. The molecular weight excluding hydrogens is 388 g/mol. The molecule has 0 bridgehead atoms. The van der Waals surface area contributed by atoms with Crippen molar-refractivity contribution < 1.29 is 9.59 Å². The van der Waals surface area contributed by atoms with E-state index >= 15 is 0 Å². The molecule has 2 amide bonds. The van der Waals surface area contributed by atoms with Gasteiger partial charge >= 0.3 is 0 Å². The average molecular weight is 410 g/mol. The lowest BCUT2D eigenvalue weighted by atomic mass is 10.1. The molecule has 154 valence electrons. The summed E-state index contributed by atoms with van der Waals surface area (Å²) < 4.78 is 1.99. The van der Waals surface area contributed by atoms with Crippen LogP contribution in [0.1, 0.15) is 21.5 Å². The number of pyridine rings is 1. The molecule has 31 heavy (non-hydrogen) atoms. The Balaban J connectivity index is 1.65. The zero-order valence-corrected chi connectivity index (χ0v) is 17.1. The SMILES string of the molecule is Cn1cc(/C=C(\NC(=O)c2ccccc2)C(=O)NCc2cccnc2)c2ccccc21. The van der Waals surface area contributed by atoms with Gasteiger partial charge in [-0.2, -0.15) is 0 Å². The van der Waals surface area contributed by atoms with Gasteiger partial charge in [-0.05, 0) is 35.9 Å². The van der Waals surface area contributed by atoms with E-state index in [-0.39, 0.29) is 17.5 Å². The van der Waals surface area contributed by atoms with Crippen molar-refractivity contribution in [2.45, 2.75) is 6.54 Å². The molecule has 2 aromatic carbocycles. The van der Waals surface area contributed by atoms with Gasteiger partial charge in [0.1, 0.15) is 5.70 Å². The monoisotopic (exact) mass is 410 g/mol. The molecule has 6 nitrogen and oxygen atoms in total. The first-order valence-corrected chi connectivity index (χ1v) is 9.91. The standard InChI is InChI=1S/C25H22N4O2/c1-29-17-20(21-11-5-6-12-23(21)29)14-22(28-24(30)19-9-3-2-4-10-19)25(31)27-16-18-8-7-13-26-15-18/h2-15,17H,16H2,1H3,(H,27,31)(H,28,30)/b22-14-. The van der Waals surface area contributed by atoms with Gasteiger partial charge in [0.05, 0.1) is 0 Å². The van der Waals surface area contributed by atoms with Crippen molar-refractivity contribution >= 4 is 28.8 Å². The molecule has 0 fully saturated rings. The Labute approximate surface area is 180 Å². The van der Waals surface area contributed by atoms with Crippen LogP contribution in [0.4, 0.5) is 0 Å². The van der Waals surface area contributed by atoms with Crippen molar-refractivity contribution in [1.82, 2.24) is 20.2 Å². The molecule has 2 aromatic heterocycles. The molecule has 0 radical (unpaired) electrons. The highest BCUT2D eigenvalue weighted by Gasteiger charge is 2.16. The van der Waals surface area contributed by atoms with Crippen LogP contribution >= 0.6 is 0 Å². The van der Waals surface area contributed by atoms with E-state index in [9.17, 15) is 9.59 Å². The molecule has 0 aliphatic carbocycles. The van der Waals surface area contributed by atoms with Crippen LogP contribution < -0.4 is 10.6 Å². The molecule has 0 aliphatic rings. The van der Waals surface area contributed by atoms with E-state index in [0.717, 1.165) is 22.0 Å². The van der Waals surface area contributed by atoms with Crippen LogP contribution in [0.15, 0.2) is 91.0 Å². The van der Waals surface area contributed by atoms with E-state index in [1.54, 1.807) is 42.7 Å². The molecule has 2 N–H and O–H groups in total. The van der Waals surface area contributed by atoms with Crippen LogP contribution in [0.5, 0.6) is 0 Å². The molecule has 0 atom stereocenters. The molecule has 0 unspecified atom stereocenters. The molecule has 6 heteroatoms. The molecule has 4 aromatic rings. The van der Waals surface area contributed by atoms with Crippen molar-refractivity contribution in [3.8, 4) is 0 Å². The van der Waals surface area contributed by atoms with Gasteiger partial charge in [-0.1, -0.05) is 42.5 Å². The number of carbonyl (C=O) groups excluding carboxylic acids is 2. The van der Waals surface area contributed by atoms with Crippen molar-refractivity contribution in [1.29, 1.82) is 0 Å². The van der Waals surface area contributed by atoms with Gasteiger partial charge in [0.15, 0.2) is 0 Å². The van der Waals surface area contributed by atoms with Crippen LogP contribution in [-0.4, -0.2) is 21.4 Å². The summed E-state index contributed by atoms with van der Waals surface area (Å²) in [4.78, 5) is 29.8. The third-order valence-corrected chi connectivity index (χ3v) is 4.93. The topological polar surface area (TPSA) is 76.0 Å². The summed E-state index contributed by atoms with van der Waals surface area (Å²) in [7, 11) is 1.95. The maximum Gasteiger partial charge on any atom is 0.268 e. The van der Waals surface area contributed by atoms with Gasteiger partial charge in [-0.25, -0.2) is 0 Å². The molecule has 0 aliphatic heterocycles. The molecule has 0 saturated carbocycles. The second kappa shape index (κ2) is 9.09. The third kappa shape index (κ3) is 4.70. The highest BCUT2D eigenvalue weighted by atomic mass is 16.2. The Hall–Kier alpha value is -4.19. The predicted octanol–water partition coefficient (Wildman–Crippen LogP) is 3.66. The predicted molar refractivity (Wildman–Crippen MR) is 121 cm³/mol. The lowest BCUT2D eigenvalue weighted by molar-refractivity contribution is -0.117. The molecule has 0 spiro atoms. The smallest absolute Gasteiger partial charge is 0.268 e. The summed E-state index contributed by atoms with van der Waals surface area (Å²) in [6.07, 6.45) is 7.02. The highest BCUT2D eigenvalue weighted by Crippen LogP contribution is 2.22. The maximum atomic E-state index is 13.0. The molecular formula is C25H22N4O2. The Morgan fingerprint density at radius 3 is 2.55 bits per heavy atom. The third-order valence-electron chi connectivity index (χ3n) is 4.93. The van der Waals surface area contributed by atoms with Gasteiger partial charge in [0.2, 0.25) is 0 Å². The van der Waals surface area contributed by atoms with Crippen molar-refractivity contribution in [2.75, 3.05) is 0 Å². The maximum absolute atomic E-state index is 13.0. The Kier molecular flexibility index (Phi) is 5.89. The summed E-state index contributed by atoms with van der Waals surface area (Å²) in [5.41, 5.74) is 3.41. The number of amides is 2. The van der Waals surface area contributed by atoms with Gasteiger partial charge < -0.3 is 15.2 Å². The minimum Gasteiger partial charge on any atom is -0.350 e. The number of fused-ring (bicyclic) bond motifs is 1. The summed E-state index contributed by atoms with van der Waals surface area (Å²) in [6.45, 7) is 0.306. The second-order valence-corrected chi connectivity index (χ2v) is 7.13. The molecule has 2 heterocycles. The van der Waals surface area contributed by atoms with Crippen molar-refractivity contribution in [3.05, 3.63) is 108 Å². The second-order valence-electron chi connectivity index (χ2n) is 7.13. The van der Waals surface area contributed by atoms with Gasteiger partial charge in [0, 0.05) is 54.2 Å². The number of rotatable bonds is 6. The Morgan fingerprint density at radius 2 is 1.77 bits per heavy atom. The highest BCUT2D eigenvalue weighted by molar-refractivity contribution is 6.06. The van der Waals surface area contributed by atoms with E-state index in [0.29, 0.717) is 12.1 Å². The van der Waals surface area contributed by atoms with E-state index in [1.807, 2.05) is 60.3 Å². The number of aromatic nitrogens is 2. The van der Waals surface area contributed by atoms with Crippen LogP contribution in [0.2, 0.25) is 0 Å². The summed E-state index contributed by atoms with van der Waals surface area (Å²) in [6, 6.07) is 20.4. The first-order chi connectivity index (χ1) is 15.1. The van der Waals surface area contributed by atoms with Gasteiger partial charge in [0.25, 0.3) is 11.8 Å². The molecule has 4 rings (SSSR count). The summed E-state index contributed by atoms with van der Waals surface area (Å²) in [5, 5.41) is 6.64. The van der Waals surface area contributed by atoms with E-state index < -0.39 is 0 Å². The normalized spacial score (nSPS) is 11.3. The van der Waals surface area contributed by atoms with Gasteiger partial charge in [-0.15, -0.1) is 0 Å². The number of nitrogens with one attached hydrogen (secondary N) is 2. The lowest BCUT2D eigenvalue weighted by Gasteiger charge is -2.11. The van der Waals surface area contributed by atoms with E-state index in [4.69, 9.17) is 0 Å². The minimum atomic E-state index is -0.374. The number of aryl methyl sites for hydroxylation is 1. The fourth-order valence-electron chi connectivity index (χ4n) is 3.37. The number of hydrogen-bond donors (Lipinski definition) is 2. The largest absolute Gasteiger partial charge is 0.350 e. The van der Waals surface area contributed by atoms with Crippen LogP contribution in [0.25, 0.3) is 17.0 Å². The van der Waals surface area contributed by atoms with E-state index in [2.05, 4.69) is 15.6 Å². The van der Waals surface area contributed by atoms with Crippen LogP contribution in [-0.2, 0) is 18.4 Å². The van der Waals surface area contributed by atoms with E-state index in [1.165, 1.54) is 0 Å². The Bertz CT molecular complexity index is 1240. The van der Waals surface area contributed by atoms with Crippen LogP contribution in [0.3, 0.4) is 0 Å². The minimum absolute atomic E-state index is 0.175. The lowest BCUT2D eigenvalue weighted by Crippen LogP contribution is -2.34. The van der Waals surface area contributed by atoms with Gasteiger partial charge in [-0.3, -0.25) is 14.6 Å². The van der Waals surface area contributed by atoms with Crippen molar-refractivity contribution in [2.24, 2.45) is 7.05 Å². The number of para-hydroxylation sites is 1. The zero-order chi connectivity index (χ0) is 21.6. The zero-order valence-electron chi connectivity index (χ0n) is 17.1. The summed E-state index contributed by atoms with van der Waals surface area (Å²) >= 11 is 0. The average Bonchev–Trinajstić information content (AvgIpc) is 3.13. The molecule has 0 saturated heterocycles. The fourth-order valence-corrected chi connectivity index (χ4v) is 3.37. The quantitative estimate of drug-likeness (QED) is 0.476. The van der Waals surface area contributed by atoms with Crippen molar-refractivity contribution in [3.63, 3.8) is 0 Å². The number of nitrogens with zero attached hydrogens (tertiary/aromatic N) is 2. The number of benzene rings is 2.